The van der Waals surface area contributed by atoms with E-state index in [1.54, 1.807) is 11.3 Å². The van der Waals surface area contributed by atoms with Gasteiger partial charge in [-0.3, -0.25) is 0 Å². The number of anilines is 1. The number of thiophene rings is 1. The number of quaternary nitrogens is 1. The number of nitrogens with two attached hydrogens (primary N) is 1. The summed E-state index contributed by atoms with van der Waals surface area (Å²) in [6.07, 6.45) is 4.58. The van der Waals surface area contributed by atoms with E-state index in [1.165, 1.54) is 28.8 Å². The number of nitrogens with zero attached hydrogens (tertiary/aromatic N) is 2. The van der Waals surface area contributed by atoms with Crippen molar-refractivity contribution in [1.29, 1.82) is 0 Å². The second-order valence-corrected chi connectivity index (χ2v) is 7.29. The minimum Gasteiger partial charge on any atom is -0.870 e. The summed E-state index contributed by atoms with van der Waals surface area (Å²) in [5, 5.41) is 18.4. The van der Waals surface area contributed by atoms with Crippen molar-refractivity contribution < 1.29 is 16.0 Å². The third-order valence-electron chi connectivity index (χ3n) is 4.64. The van der Waals surface area contributed by atoms with Gasteiger partial charge in [0.05, 0.1) is 0 Å². The highest BCUT2D eigenvalue weighted by Crippen LogP contribution is 2.37. The van der Waals surface area contributed by atoms with Crippen molar-refractivity contribution in [3.63, 3.8) is 0 Å². The quantitative estimate of drug-likeness (QED) is 0.797. The van der Waals surface area contributed by atoms with Crippen LogP contribution in [0.1, 0.15) is 18.4 Å². The molecular weight excluding hydrogens is 322 g/mol. The number of fused-ring (bicyclic) bond motifs is 2. The normalized spacial score (nSPS) is 19.0. The van der Waals surface area contributed by atoms with E-state index in [-0.39, 0.29) is 5.48 Å². The fourth-order valence-corrected chi connectivity index (χ4v) is 4.24. The molecule has 0 spiro atoms. The molecule has 4 N–H and O–H groups in total. The van der Waals surface area contributed by atoms with Crippen molar-refractivity contribution in [3.05, 3.63) is 63.3 Å². The molecule has 1 aromatic heterocycles. The van der Waals surface area contributed by atoms with E-state index in [0.717, 1.165) is 16.4 Å². The van der Waals surface area contributed by atoms with Gasteiger partial charge in [0, 0.05) is 22.7 Å². The highest BCUT2D eigenvalue weighted by molar-refractivity contribution is 7.14. The summed E-state index contributed by atoms with van der Waals surface area (Å²) in [5.41, 5.74) is 5.38. The molecule has 124 valence electrons. The summed E-state index contributed by atoms with van der Waals surface area (Å²) in [4.78, 5) is 2.27. The number of hydrogen-bond donors (Lipinski definition) is 2. The molecule has 2 aliphatic heterocycles. The van der Waals surface area contributed by atoms with Crippen molar-refractivity contribution in [1.82, 2.24) is 4.90 Å². The maximum absolute atomic E-state index is 10.9. The molecule has 3 heterocycles. The Morgan fingerprint density at radius 2 is 2.04 bits per heavy atom. The van der Waals surface area contributed by atoms with Gasteiger partial charge in [0.25, 0.3) is 5.88 Å². The van der Waals surface area contributed by atoms with E-state index in [1.807, 2.05) is 5.01 Å². The van der Waals surface area contributed by atoms with Gasteiger partial charge in [-0.1, -0.05) is 18.2 Å². The molecule has 0 amide bonds. The van der Waals surface area contributed by atoms with E-state index < -0.39 is 0 Å². The summed E-state index contributed by atoms with van der Waals surface area (Å²) in [6.45, 7) is 2.08. The number of aliphatic hydroxyl groups is 1. The summed E-state index contributed by atoms with van der Waals surface area (Å²) in [7, 11) is 0. The van der Waals surface area contributed by atoms with Crippen LogP contribution in [0.25, 0.3) is 11.9 Å². The van der Waals surface area contributed by atoms with Gasteiger partial charge in [-0.05, 0) is 42.8 Å². The first-order valence-electron chi connectivity index (χ1n) is 7.95. The van der Waals surface area contributed by atoms with E-state index >= 15 is 0 Å². The Balaban J connectivity index is 0.00000146. The lowest BCUT2D eigenvalue weighted by atomic mass is 10.1. The lowest BCUT2D eigenvalue weighted by Gasteiger charge is -2.22. The third-order valence-corrected chi connectivity index (χ3v) is 5.68. The fourth-order valence-electron chi connectivity index (χ4n) is 3.36. The van der Waals surface area contributed by atoms with Crippen molar-refractivity contribution in [2.24, 2.45) is 0 Å². The first-order valence-corrected chi connectivity index (χ1v) is 8.83. The summed E-state index contributed by atoms with van der Waals surface area (Å²) in [6, 6.07) is 11.1. The van der Waals surface area contributed by atoms with Crippen LogP contribution in [0.5, 0.6) is 0 Å². The predicted molar refractivity (Wildman–Crippen MR) is 93.5 cm³/mol. The molecule has 1 aromatic carbocycles. The zero-order chi connectivity index (χ0) is 15.6. The molecule has 1 fully saturated rings. The van der Waals surface area contributed by atoms with Crippen molar-refractivity contribution >= 4 is 28.2 Å². The minimum atomic E-state index is 0. The Morgan fingerprint density at radius 1 is 1.25 bits per heavy atom. The van der Waals surface area contributed by atoms with Gasteiger partial charge in [0.1, 0.15) is 0 Å². The first-order chi connectivity index (χ1) is 11.2. The van der Waals surface area contributed by atoms with Gasteiger partial charge in [-0.15, -0.1) is 16.3 Å². The van der Waals surface area contributed by atoms with Gasteiger partial charge >= 0.3 is 0 Å². The molecule has 1 aliphatic carbocycles. The molecule has 5 rings (SSSR count). The Labute approximate surface area is 143 Å². The van der Waals surface area contributed by atoms with Crippen molar-refractivity contribution in [2.75, 3.05) is 5.01 Å². The van der Waals surface area contributed by atoms with Crippen LogP contribution >= 0.6 is 11.3 Å². The van der Waals surface area contributed by atoms with Gasteiger partial charge < -0.3 is 15.5 Å². The molecule has 5 nitrogen and oxygen atoms in total. The molecule has 6 heteroatoms. The van der Waals surface area contributed by atoms with Gasteiger partial charge in [0.15, 0.2) is 16.4 Å². The van der Waals surface area contributed by atoms with Crippen LogP contribution in [-0.4, -0.2) is 21.5 Å². The minimum absolute atomic E-state index is 0. The average molecular weight is 341 g/mol. The third kappa shape index (κ3) is 2.15. The number of benzene rings is 1. The van der Waals surface area contributed by atoms with E-state index in [0.29, 0.717) is 11.9 Å². The second-order valence-electron chi connectivity index (χ2n) is 6.40. The molecule has 1 saturated carbocycles. The van der Waals surface area contributed by atoms with Crippen LogP contribution in [0.15, 0.2) is 47.3 Å². The first kappa shape index (κ1) is 15.3. The van der Waals surface area contributed by atoms with Crippen molar-refractivity contribution in [2.45, 2.75) is 25.8 Å². The molecule has 0 unspecified atom stereocenters. The van der Waals surface area contributed by atoms with E-state index in [2.05, 4.69) is 59.2 Å². The summed E-state index contributed by atoms with van der Waals surface area (Å²) < 4.78 is 0. The van der Waals surface area contributed by atoms with E-state index in [4.69, 9.17) is 0 Å². The Hall–Kier alpha value is -2.28. The van der Waals surface area contributed by atoms with Crippen LogP contribution in [0, 0.1) is 6.92 Å². The maximum Gasteiger partial charge on any atom is 0.271 e. The smallest absolute Gasteiger partial charge is 0.271 e. The van der Waals surface area contributed by atoms with Crippen LogP contribution in [0.2, 0.25) is 0 Å². The fraction of sp³-hybridized carbons (Fsp3) is 0.222. The zero-order valence-corrected chi connectivity index (χ0v) is 14.1. The van der Waals surface area contributed by atoms with Crippen LogP contribution in [0.3, 0.4) is 0 Å². The zero-order valence-electron chi connectivity index (χ0n) is 13.3. The lowest BCUT2D eigenvalue weighted by molar-refractivity contribution is -0.567. The van der Waals surface area contributed by atoms with Gasteiger partial charge in [-0.25, -0.2) is 5.43 Å². The second kappa shape index (κ2) is 5.37. The standard InChI is InChI=1S/C18H17N3OS.H2O/c1-11-8-15(23-10-11)21-18(22)17-16(19-21)14-5-3-2-4-12(14)9-20(17)13-6-7-13;/h2-5,8-10,13,19,22H,6-7H2,1H3;1H2. The van der Waals surface area contributed by atoms with Crippen LogP contribution < -0.4 is 20.9 Å². The Bertz CT molecular complexity index is 959. The monoisotopic (exact) mass is 341 g/mol. The van der Waals surface area contributed by atoms with Crippen LogP contribution in [-0.2, 0) is 0 Å². The molecule has 24 heavy (non-hydrogen) atoms. The topological polar surface area (TPSA) is 73.3 Å². The Morgan fingerprint density at radius 3 is 2.75 bits per heavy atom. The average Bonchev–Trinajstić information content (AvgIpc) is 3.23. The van der Waals surface area contributed by atoms with Crippen LogP contribution in [0.4, 0.5) is 5.00 Å². The number of hydrogen-bond acceptors (Lipinski definition) is 5. The summed E-state index contributed by atoms with van der Waals surface area (Å²) >= 11 is 1.66. The molecule has 0 bridgehead atoms. The Kier molecular flexibility index (Phi) is 3.42. The summed E-state index contributed by atoms with van der Waals surface area (Å²) in [5.74, 6) is 0.347. The van der Waals surface area contributed by atoms with Gasteiger partial charge in [-0.2, -0.15) is 0 Å². The number of rotatable bonds is 2. The highest BCUT2D eigenvalue weighted by atomic mass is 32.1. The SMILES string of the molecule is Cc1csc(N2[NH2+]C3=c4ccccc4=CN(C4CC4)C3=C2O)c1.[OH-]. The predicted octanol–water partition coefficient (Wildman–Crippen LogP) is 0.930. The number of aryl methyl sites for hydroxylation is 1. The van der Waals surface area contributed by atoms with Gasteiger partial charge in [0.2, 0.25) is 0 Å². The van der Waals surface area contributed by atoms with E-state index in [9.17, 15) is 5.11 Å². The molecule has 2 aromatic rings. The van der Waals surface area contributed by atoms with Crippen molar-refractivity contribution in [3.8, 4) is 0 Å². The highest BCUT2D eigenvalue weighted by Gasteiger charge is 2.43. The lowest BCUT2D eigenvalue weighted by Crippen LogP contribution is -2.90. The molecular formula is C18H19N3O2S. The maximum atomic E-state index is 10.9. The molecule has 0 saturated heterocycles. The molecule has 3 aliphatic rings. The largest absolute Gasteiger partial charge is 0.870 e. The number of aliphatic hydroxyl groups excluding tert-OH is 1. The molecule has 0 radical (unpaired) electrons. The molecule has 0 atom stereocenters.